The van der Waals surface area contributed by atoms with E-state index in [9.17, 15) is 4.79 Å². The number of nitrogens with zero attached hydrogens (tertiary/aromatic N) is 3. The summed E-state index contributed by atoms with van der Waals surface area (Å²) < 4.78 is 0. The fraction of sp³-hybridized carbons (Fsp3) is 0.714. The van der Waals surface area contributed by atoms with Gasteiger partial charge in [0.2, 0.25) is 0 Å². The van der Waals surface area contributed by atoms with Gasteiger partial charge in [0.25, 0.3) is 5.91 Å². The van der Waals surface area contributed by atoms with Gasteiger partial charge in [-0.05, 0) is 40.4 Å². The number of nitrogen functional groups attached to an aromatic ring is 1. The van der Waals surface area contributed by atoms with Crippen molar-refractivity contribution in [2.24, 2.45) is 0 Å². The minimum Gasteiger partial charge on any atom is -0.382 e. The van der Waals surface area contributed by atoms with Crippen LogP contribution in [0.3, 0.4) is 0 Å². The van der Waals surface area contributed by atoms with Gasteiger partial charge < -0.3 is 20.9 Å². The van der Waals surface area contributed by atoms with E-state index in [1.165, 1.54) is 11.3 Å². The first kappa shape index (κ1) is 17.7. The molecule has 0 aliphatic heterocycles. The van der Waals surface area contributed by atoms with E-state index in [4.69, 9.17) is 5.73 Å². The average Bonchev–Trinajstić information content (AvgIpc) is 2.81. The summed E-state index contributed by atoms with van der Waals surface area (Å²) in [5, 5.41) is 3.90. The van der Waals surface area contributed by atoms with E-state index >= 15 is 0 Å². The highest BCUT2D eigenvalue weighted by molar-refractivity contribution is 7.18. The Morgan fingerprint density at radius 1 is 1.33 bits per heavy atom. The number of anilines is 2. The monoisotopic (exact) mass is 313 g/mol. The summed E-state index contributed by atoms with van der Waals surface area (Å²) in [7, 11) is 4.07. The normalized spacial score (nSPS) is 10.9. The van der Waals surface area contributed by atoms with Crippen molar-refractivity contribution in [3.8, 4) is 0 Å². The van der Waals surface area contributed by atoms with Crippen LogP contribution in [0, 0.1) is 0 Å². The fourth-order valence-corrected chi connectivity index (χ4v) is 2.80. The molecule has 0 atom stereocenters. The van der Waals surface area contributed by atoms with E-state index < -0.39 is 0 Å². The molecule has 0 saturated heterocycles. The molecule has 1 heterocycles. The average molecular weight is 313 g/mol. The van der Waals surface area contributed by atoms with Crippen LogP contribution >= 0.6 is 11.3 Å². The molecule has 0 bridgehead atoms. The summed E-state index contributed by atoms with van der Waals surface area (Å²) >= 11 is 1.34. The van der Waals surface area contributed by atoms with E-state index in [1.807, 2.05) is 25.9 Å². The predicted octanol–water partition coefficient (Wildman–Crippen LogP) is 1.96. The van der Waals surface area contributed by atoms with Crippen LogP contribution in [0.1, 0.15) is 36.4 Å². The van der Waals surface area contributed by atoms with Crippen LogP contribution in [0.25, 0.3) is 0 Å². The lowest BCUT2D eigenvalue weighted by molar-refractivity contribution is 0.0765. The molecular formula is C14H27N5OS. The molecule has 0 unspecified atom stereocenters. The first-order chi connectivity index (χ1) is 9.99. The Labute approximate surface area is 131 Å². The third kappa shape index (κ3) is 5.51. The minimum absolute atomic E-state index is 0.0178. The second kappa shape index (κ2) is 8.84. The van der Waals surface area contributed by atoms with Crippen molar-refractivity contribution in [1.82, 2.24) is 14.8 Å². The maximum Gasteiger partial charge on any atom is 0.267 e. The van der Waals surface area contributed by atoms with E-state index in [2.05, 4.69) is 22.1 Å². The first-order valence-electron chi connectivity index (χ1n) is 7.43. The van der Waals surface area contributed by atoms with Gasteiger partial charge in [0.15, 0.2) is 5.13 Å². The Bertz CT molecular complexity index is 447. The lowest BCUT2D eigenvalue weighted by Crippen LogP contribution is -2.33. The summed E-state index contributed by atoms with van der Waals surface area (Å²) in [6.45, 7) is 7.29. The van der Waals surface area contributed by atoms with E-state index in [-0.39, 0.29) is 5.91 Å². The largest absolute Gasteiger partial charge is 0.382 e. The zero-order chi connectivity index (χ0) is 15.8. The van der Waals surface area contributed by atoms with Gasteiger partial charge in [-0.1, -0.05) is 18.3 Å². The van der Waals surface area contributed by atoms with Gasteiger partial charge in [-0.15, -0.1) is 0 Å². The molecule has 0 saturated carbocycles. The summed E-state index contributed by atoms with van der Waals surface area (Å²) in [5.41, 5.74) is 5.89. The maximum absolute atomic E-state index is 12.5. The molecule has 0 aliphatic carbocycles. The van der Waals surface area contributed by atoms with Crippen LogP contribution in [-0.2, 0) is 0 Å². The molecule has 1 rings (SSSR count). The van der Waals surface area contributed by atoms with Gasteiger partial charge in [-0.2, -0.15) is 0 Å². The molecule has 0 fully saturated rings. The Hall–Kier alpha value is -1.34. The van der Waals surface area contributed by atoms with Crippen LogP contribution in [0.4, 0.5) is 10.9 Å². The number of carbonyl (C=O) groups is 1. The maximum atomic E-state index is 12.5. The summed E-state index contributed by atoms with van der Waals surface area (Å²) in [6.07, 6.45) is 1.96. The van der Waals surface area contributed by atoms with Crippen molar-refractivity contribution in [1.29, 1.82) is 0 Å². The molecule has 21 heavy (non-hydrogen) atoms. The number of aromatic nitrogens is 1. The van der Waals surface area contributed by atoms with Gasteiger partial charge in [0.1, 0.15) is 10.7 Å². The number of carbonyl (C=O) groups excluding carboxylic acids is 1. The van der Waals surface area contributed by atoms with Crippen molar-refractivity contribution in [3.63, 3.8) is 0 Å². The van der Waals surface area contributed by atoms with Crippen molar-refractivity contribution >= 4 is 28.2 Å². The van der Waals surface area contributed by atoms with Crippen LogP contribution in [0.15, 0.2) is 0 Å². The molecule has 1 amide bonds. The molecule has 1 aromatic heterocycles. The van der Waals surface area contributed by atoms with Gasteiger partial charge in [-0.25, -0.2) is 4.98 Å². The SMILES string of the molecule is CCCNc1nc(N)c(C(=O)N(CC)CCCN(C)C)s1. The second-order valence-corrected chi connectivity index (χ2v) is 6.20. The lowest BCUT2D eigenvalue weighted by Gasteiger charge is -2.21. The fourth-order valence-electron chi connectivity index (χ4n) is 1.92. The van der Waals surface area contributed by atoms with Crippen molar-refractivity contribution in [2.75, 3.05) is 51.3 Å². The quantitative estimate of drug-likeness (QED) is 0.729. The third-order valence-corrected chi connectivity index (χ3v) is 4.09. The molecule has 1 aromatic rings. The number of nitrogens with two attached hydrogens (primary N) is 1. The van der Waals surface area contributed by atoms with E-state index in [0.29, 0.717) is 17.2 Å². The zero-order valence-corrected chi connectivity index (χ0v) is 14.3. The van der Waals surface area contributed by atoms with Gasteiger partial charge in [0.05, 0.1) is 0 Å². The van der Waals surface area contributed by atoms with Crippen LogP contribution < -0.4 is 11.1 Å². The number of amides is 1. The molecular weight excluding hydrogens is 286 g/mol. The number of thiazole rings is 1. The van der Waals surface area contributed by atoms with E-state index in [1.54, 1.807) is 0 Å². The lowest BCUT2D eigenvalue weighted by atomic mass is 10.3. The summed E-state index contributed by atoms with van der Waals surface area (Å²) in [5.74, 6) is 0.311. The molecule has 0 aliphatic rings. The first-order valence-corrected chi connectivity index (χ1v) is 8.25. The topological polar surface area (TPSA) is 74.5 Å². The molecule has 120 valence electrons. The van der Waals surface area contributed by atoms with Crippen molar-refractivity contribution < 1.29 is 4.79 Å². The zero-order valence-electron chi connectivity index (χ0n) is 13.5. The third-order valence-electron chi connectivity index (χ3n) is 3.08. The second-order valence-electron chi connectivity index (χ2n) is 5.20. The Kier molecular flexibility index (Phi) is 7.45. The van der Waals surface area contributed by atoms with Gasteiger partial charge >= 0.3 is 0 Å². The highest BCUT2D eigenvalue weighted by atomic mass is 32.1. The Morgan fingerprint density at radius 2 is 2.05 bits per heavy atom. The molecule has 0 aromatic carbocycles. The van der Waals surface area contributed by atoms with Gasteiger partial charge in [-0.3, -0.25) is 4.79 Å². The van der Waals surface area contributed by atoms with Crippen molar-refractivity contribution in [2.45, 2.75) is 26.7 Å². The number of hydrogen-bond acceptors (Lipinski definition) is 6. The molecule has 6 nitrogen and oxygen atoms in total. The van der Waals surface area contributed by atoms with Crippen LogP contribution in [-0.4, -0.2) is 61.0 Å². The molecule has 0 radical (unpaired) electrons. The Morgan fingerprint density at radius 3 is 2.62 bits per heavy atom. The molecule has 3 N–H and O–H groups in total. The van der Waals surface area contributed by atoms with E-state index in [0.717, 1.165) is 37.6 Å². The predicted molar refractivity (Wildman–Crippen MR) is 90.1 cm³/mol. The number of hydrogen-bond donors (Lipinski definition) is 2. The Balaban J connectivity index is 2.68. The smallest absolute Gasteiger partial charge is 0.267 e. The number of nitrogens with one attached hydrogen (secondary N) is 1. The molecule has 0 spiro atoms. The summed E-state index contributed by atoms with van der Waals surface area (Å²) in [4.78, 5) is 21.2. The highest BCUT2D eigenvalue weighted by Crippen LogP contribution is 2.26. The highest BCUT2D eigenvalue weighted by Gasteiger charge is 2.21. The minimum atomic E-state index is -0.0178. The standard InChI is InChI=1S/C14H27N5OS/c1-5-8-16-14-17-12(15)11(21-14)13(20)19(6-2)10-7-9-18(3)4/h5-10,15H2,1-4H3,(H,16,17). The molecule has 7 heteroatoms. The number of rotatable bonds is 9. The van der Waals surface area contributed by atoms with Gasteiger partial charge in [0, 0.05) is 19.6 Å². The summed E-state index contributed by atoms with van der Waals surface area (Å²) in [6, 6.07) is 0. The van der Waals surface area contributed by atoms with Crippen molar-refractivity contribution in [3.05, 3.63) is 4.88 Å². The van der Waals surface area contributed by atoms with Crippen LogP contribution in [0.5, 0.6) is 0 Å². The van der Waals surface area contributed by atoms with Crippen LogP contribution in [0.2, 0.25) is 0 Å².